The second kappa shape index (κ2) is 6.82. The normalized spacial score (nSPS) is 30.7. The lowest BCUT2D eigenvalue weighted by Crippen LogP contribution is -2.56. The summed E-state index contributed by atoms with van der Waals surface area (Å²) in [4.78, 5) is 4.96. The lowest BCUT2D eigenvalue weighted by Gasteiger charge is -2.40. The Morgan fingerprint density at radius 1 is 1.32 bits per heavy atom. The molecule has 0 aliphatic carbocycles. The molecule has 0 bridgehead atoms. The van der Waals surface area contributed by atoms with Crippen LogP contribution in [0.4, 0.5) is 0 Å². The van der Waals surface area contributed by atoms with E-state index < -0.39 is 0 Å². The zero-order chi connectivity index (χ0) is 13.8. The minimum Gasteiger partial charge on any atom is -0.321 e. The van der Waals surface area contributed by atoms with Crippen LogP contribution >= 0.6 is 0 Å². The quantitative estimate of drug-likeness (QED) is 0.752. The van der Waals surface area contributed by atoms with E-state index in [1.807, 2.05) is 0 Å². The van der Waals surface area contributed by atoms with Crippen LogP contribution in [0.5, 0.6) is 0 Å². The molecule has 0 spiro atoms. The van der Waals surface area contributed by atoms with Crippen LogP contribution in [-0.4, -0.2) is 79.5 Å². The molecule has 1 fully saturated rings. The van der Waals surface area contributed by atoms with Crippen molar-refractivity contribution in [3.05, 3.63) is 0 Å². The van der Waals surface area contributed by atoms with Crippen molar-refractivity contribution < 1.29 is 4.58 Å². The van der Waals surface area contributed by atoms with Crippen LogP contribution < -0.4 is 5.73 Å². The number of likely N-dealkylation sites (tertiary alicyclic amines) is 1. The third-order valence-corrected chi connectivity index (χ3v) is 4.69. The highest BCUT2D eigenvalue weighted by Crippen LogP contribution is 2.22. The Hall–Kier alpha value is -0.450. The van der Waals surface area contributed by atoms with Gasteiger partial charge in [0.05, 0.1) is 6.04 Å². The summed E-state index contributed by atoms with van der Waals surface area (Å²) in [6.45, 7) is 8.02. The van der Waals surface area contributed by atoms with E-state index in [1.165, 1.54) is 32.5 Å². The number of rotatable bonds is 4. The maximum atomic E-state index is 6.38. The lowest BCUT2D eigenvalue weighted by molar-refractivity contribution is -0.528. The van der Waals surface area contributed by atoms with Gasteiger partial charge in [-0.05, 0) is 52.9 Å². The molecule has 4 heteroatoms. The van der Waals surface area contributed by atoms with Crippen LogP contribution in [-0.2, 0) is 0 Å². The van der Waals surface area contributed by atoms with Gasteiger partial charge in [-0.1, -0.05) is 0 Å². The van der Waals surface area contributed by atoms with Gasteiger partial charge in [-0.3, -0.25) is 4.90 Å². The molecule has 2 atom stereocenters. The summed E-state index contributed by atoms with van der Waals surface area (Å²) in [6, 6.07) is 0.887. The molecule has 2 aliphatic rings. The van der Waals surface area contributed by atoms with E-state index in [9.17, 15) is 0 Å². The van der Waals surface area contributed by atoms with Crippen molar-refractivity contribution in [3.63, 3.8) is 0 Å². The van der Waals surface area contributed by atoms with Crippen molar-refractivity contribution in [1.29, 1.82) is 0 Å². The van der Waals surface area contributed by atoms with E-state index in [-0.39, 0.29) is 0 Å². The summed E-state index contributed by atoms with van der Waals surface area (Å²) in [6.07, 6.45) is 6.16. The van der Waals surface area contributed by atoms with Crippen LogP contribution in [0.2, 0.25) is 0 Å². The van der Waals surface area contributed by atoms with Crippen molar-refractivity contribution >= 4 is 6.21 Å². The molecular weight excluding hydrogens is 236 g/mol. The van der Waals surface area contributed by atoms with Gasteiger partial charge < -0.3 is 10.6 Å². The molecule has 0 radical (unpaired) electrons. The SMILES string of the molecule is CC[N+]1=CCC(N2CCC(CN(C)C)CC2)C(N)C1. The Bertz CT molecular complexity index is 305. The molecule has 0 aromatic heterocycles. The standard InChI is InChI=1S/C15H31N4/c1-4-18-8-7-15(14(16)12-18)19-9-5-13(6-10-19)11-17(2)3/h8,13-15H,4-7,9-12,16H2,1-3H3/q+1. The van der Waals surface area contributed by atoms with Gasteiger partial charge in [-0.25, -0.2) is 4.58 Å². The second-order valence-electron chi connectivity index (χ2n) is 6.48. The summed E-state index contributed by atoms with van der Waals surface area (Å²) >= 11 is 0. The van der Waals surface area contributed by atoms with Crippen LogP contribution in [0, 0.1) is 5.92 Å². The fourth-order valence-corrected chi connectivity index (χ4v) is 3.56. The molecule has 2 unspecified atom stereocenters. The lowest BCUT2D eigenvalue weighted by atomic mass is 9.92. The highest BCUT2D eigenvalue weighted by Gasteiger charge is 2.33. The first-order valence-electron chi connectivity index (χ1n) is 7.82. The van der Waals surface area contributed by atoms with E-state index in [1.54, 1.807) is 0 Å². The van der Waals surface area contributed by atoms with E-state index in [2.05, 4.69) is 41.6 Å². The molecule has 0 amide bonds. The maximum Gasteiger partial charge on any atom is 0.159 e. The van der Waals surface area contributed by atoms with Crippen LogP contribution in [0.15, 0.2) is 0 Å². The summed E-state index contributed by atoms with van der Waals surface area (Å²) in [5, 5.41) is 0. The topological polar surface area (TPSA) is 35.5 Å². The van der Waals surface area contributed by atoms with Gasteiger partial charge in [0.1, 0.15) is 12.8 Å². The molecular formula is C15H31N4+. The average molecular weight is 267 g/mol. The molecule has 2 rings (SSSR count). The summed E-state index contributed by atoms with van der Waals surface area (Å²) in [5.74, 6) is 0.877. The zero-order valence-corrected chi connectivity index (χ0v) is 12.9. The number of piperidine rings is 1. The van der Waals surface area contributed by atoms with Crippen molar-refractivity contribution in [2.24, 2.45) is 11.7 Å². The van der Waals surface area contributed by atoms with Crippen molar-refractivity contribution in [1.82, 2.24) is 9.80 Å². The molecule has 2 heterocycles. The molecule has 4 nitrogen and oxygen atoms in total. The first kappa shape index (κ1) is 14.9. The number of nitrogens with two attached hydrogens (primary N) is 1. The van der Waals surface area contributed by atoms with E-state index in [0.717, 1.165) is 25.4 Å². The van der Waals surface area contributed by atoms with Crippen LogP contribution in [0.3, 0.4) is 0 Å². The first-order valence-corrected chi connectivity index (χ1v) is 7.82. The molecule has 2 aliphatic heterocycles. The molecule has 1 saturated heterocycles. The molecule has 0 aromatic rings. The summed E-state index contributed by atoms with van der Waals surface area (Å²) in [5.41, 5.74) is 6.38. The van der Waals surface area contributed by atoms with Gasteiger partial charge >= 0.3 is 0 Å². The van der Waals surface area contributed by atoms with Crippen molar-refractivity contribution in [2.75, 3.05) is 46.8 Å². The third-order valence-electron chi connectivity index (χ3n) is 4.69. The molecule has 2 N–H and O–H groups in total. The molecule has 0 saturated carbocycles. The zero-order valence-electron chi connectivity index (χ0n) is 12.9. The maximum absolute atomic E-state index is 6.38. The highest BCUT2D eigenvalue weighted by atomic mass is 15.2. The van der Waals surface area contributed by atoms with Gasteiger partial charge in [0.25, 0.3) is 0 Å². The van der Waals surface area contributed by atoms with Gasteiger partial charge in [0.2, 0.25) is 0 Å². The van der Waals surface area contributed by atoms with E-state index in [0.29, 0.717) is 12.1 Å². The predicted molar refractivity (Wildman–Crippen MR) is 81.0 cm³/mol. The third kappa shape index (κ3) is 4.01. The summed E-state index contributed by atoms with van der Waals surface area (Å²) < 4.78 is 2.36. The van der Waals surface area contributed by atoms with Crippen LogP contribution in [0.1, 0.15) is 26.2 Å². The minimum atomic E-state index is 0.315. The fourth-order valence-electron chi connectivity index (χ4n) is 3.56. The average Bonchev–Trinajstić information content (AvgIpc) is 2.39. The Morgan fingerprint density at radius 3 is 2.53 bits per heavy atom. The van der Waals surface area contributed by atoms with Gasteiger partial charge in [0.15, 0.2) is 6.54 Å². The fraction of sp³-hybridized carbons (Fsp3) is 0.933. The number of nitrogens with zero attached hydrogens (tertiary/aromatic N) is 3. The van der Waals surface area contributed by atoms with Crippen molar-refractivity contribution in [2.45, 2.75) is 38.3 Å². The number of likely N-dealkylation sites (N-methyl/N-ethyl adjacent to an activating group) is 1. The molecule has 0 aromatic carbocycles. The monoisotopic (exact) mass is 267 g/mol. The largest absolute Gasteiger partial charge is 0.321 e. The smallest absolute Gasteiger partial charge is 0.159 e. The molecule has 110 valence electrons. The Balaban J connectivity index is 1.83. The Morgan fingerprint density at radius 2 is 2.00 bits per heavy atom. The van der Waals surface area contributed by atoms with E-state index in [4.69, 9.17) is 5.73 Å². The van der Waals surface area contributed by atoms with Gasteiger partial charge in [-0.2, -0.15) is 0 Å². The molecule has 19 heavy (non-hydrogen) atoms. The van der Waals surface area contributed by atoms with Crippen molar-refractivity contribution in [3.8, 4) is 0 Å². The Kier molecular flexibility index (Phi) is 5.37. The predicted octanol–water partition coefficient (Wildman–Crippen LogP) is 0.463. The number of hydrogen-bond donors (Lipinski definition) is 1. The summed E-state index contributed by atoms with van der Waals surface area (Å²) in [7, 11) is 4.36. The van der Waals surface area contributed by atoms with Gasteiger partial charge in [-0.15, -0.1) is 0 Å². The Labute approximate surface area is 118 Å². The first-order chi connectivity index (χ1) is 9.10. The van der Waals surface area contributed by atoms with Crippen LogP contribution in [0.25, 0.3) is 0 Å². The van der Waals surface area contributed by atoms with Gasteiger partial charge in [0, 0.05) is 19.0 Å². The highest BCUT2D eigenvalue weighted by molar-refractivity contribution is 5.53. The number of hydrogen-bond acceptors (Lipinski definition) is 3. The second-order valence-corrected chi connectivity index (χ2v) is 6.48. The minimum absolute atomic E-state index is 0.315. The van der Waals surface area contributed by atoms with E-state index >= 15 is 0 Å².